The maximum absolute atomic E-state index is 11.9. The SMILES string of the molecule is Cc1ccnc(CS(=O)(=O)c2ncn[nH]2)c1Br. The van der Waals surface area contributed by atoms with E-state index in [4.69, 9.17) is 0 Å². The topological polar surface area (TPSA) is 88.6 Å². The molecule has 0 fully saturated rings. The molecule has 2 aromatic rings. The lowest BCUT2D eigenvalue weighted by Crippen LogP contribution is -2.09. The Kier molecular flexibility index (Phi) is 3.25. The van der Waals surface area contributed by atoms with E-state index >= 15 is 0 Å². The molecule has 0 unspecified atom stereocenters. The number of hydrogen-bond acceptors (Lipinski definition) is 5. The Hall–Kier alpha value is -1.28. The van der Waals surface area contributed by atoms with Crippen molar-refractivity contribution in [1.82, 2.24) is 20.2 Å². The van der Waals surface area contributed by atoms with Crippen LogP contribution in [0.1, 0.15) is 11.3 Å². The maximum Gasteiger partial charge on any atom is 0.243 e. The number of hydrogen-bond donors (Lipinski definition) is 1. The van der Waals surface area contributed by atoms with Crippen molar-refractivity contribution in [3.63, 3.8) is 0 Å². The summed E-state index contributed by atoms with van der Waals surface area (Å²) in [6.45, 7) is 1.87. The standard InChI is InChI=1S/C9H9BrN4O2S/c1-6-2-3-11-7(8(6)10)4-17(15,16)9-12-5-13-14-9/h2-3,5H,4H2,1H3,(H,12,13,14). The molecule has 0 atom stereocenters. The van der Waals surface area contributed by atoms with Gasteiger partial charge in [0.05, 0.1) is 5.69 Å². The van der Waals surface area contributed by atoms with Gasteiger partial charge in [0.1, 0.15) is 12.1 Å². The van der Waals surface area contributed by atoms with E-state index in [1.807, 2.05) is 6.92 Å². The van der Waals surface area contributed by atoms with Gasteiger partial charge in [0.15, 0.2) is 0 Å². The highest BCUT2D eigenvalue weighted by Gasteiger charge is 2.21. The second kappa shape index (κ2) is 4.53. The molecule has 1 N–H and O–H groups in total. The fourth-order valence-corrected chi connectivity index (χ4v) is 2.96. The highest BCUT2D eigenvalue weighted by atomic mass is 79.9. The number of halogens is 1. The highest BCUT2D eigenvalue weighted by molar-refractivity contribution is 9.10. The summed E-state index contributed by atoms with van der Waals surface area (Å²) in [5.41, 5.74) is 1.39. The van der Waals surface area contributed by atoms with Crippen molar-refractivity contribution in [2.24, 2.45) is 0 Å². The van der Waals surface area contributed by atoms with Gasteiger partial charge in [0, 0.05) is 10.7 Å². The van der Waals surface area contributed by atoms with E-state index in [0.717, 1.165) is 11.9 Å². The van der Waals surface area contributed by atoms with E-state index in [-0.39, 0.29) is 10.9 Å². The van der Waals surface area contributed by atoms with E-state index in [0.29, 0.717) is 10.2 Å². The quantitative estimate of drug-likeness (QED) is 0.920. The van der Waals surface area contributed by atoms with Gasteiger partial charge >= 0.3 is 0 Å². The van der Waals surface area contributed by atoms with Crippen LogP contribution in [0.4, 0.5) is 0 Å². The number of pyridine rings is 1. The summed E-state index contributed by atoms with van der Waals surface area (Å²) in [6.07, 6.45) is 2.73. The van der Waals surface area contributed by atoms with Crippen molar-refractivity contribution >= 4 is 25.8 Å². The number of nitrogens with one attached hydrogen (secondary N) is 1. The summed E-state index contributed by atoms with van der Waals surface area (Å²) >= 11 is 3.32. The van der Waals surface area contributed by atoms with Crippen molar-refractivity contribution < 1.29 is 8.42 Å². The van der Waals surface area contributed by atoms with Gasteiger partial charge in [-0.15, -0.1) is 0 Å². The Balaban J connectivity index is 2.37. The first kappa shape index (κ1) is 12.2. The van der Waals surface area contributed by atoms with Crippen LogP contribution in [0.25, 0.3) is 0 Å². The van der Waals surface area contributed by atoms with Crippen LogP contribution < -0.4 is 0 Å². The zero-order valence-corrected chi connectivity index (χ0v) is 11.3. The van der Waals surface area contributed by atoms with E-state index in [9.17, 15) is 8.42 Å². The van der Waals surface area contributed by atoms with Crippen molar-refractivity contribution in [3.05, 3.63) is 34.3 Å². The molecule has 0 aromatic carbocycles. The Morgan fingerprint density at radius 1 is 1.41 bits per heavy atom. The number of rotatable bonds is 3. The molecule has 0 aliphatic heterocycles. The third kappa shape index (κ3) is 2.52. The monoisotopic (exact) mass is 316 g/mol. The number of aryl methyl sites for hydroxylation is 1. The van der Waals surface area contributed by atoms with Crippen LogP contribution in [0.2, 0.25) is 0 Å². The Labute approximate surface area is 107 Å². The van der Waals surface area contributed by atoms with Gasteiger partial charge in [-0.1, -0.05) is 0 Å². The van der Waals surface area contributed by atoms with Crippen molar-refractivity contribution in [3.8, 4) is 0 Å². The summed E-state index contributed by atoms with van der Waals surface area (Å²) in [7, 11) is -3.53. The fourth-order valence-electron chi connectivity index (χ4n) is 1.29. The highest BCUT2D eigenvalue weighted by Crippen LogP contribution is 2.22. The zero-order valence-electron chi connectivity index (χ0n) is 8.88. The predicted octanol–water partition coefficient (Wildman–Crippen LogP) is 1.24. The van der Waals surface area contributed by atoms with Gasteiger partial charge in [0.25, 0.3) is 0 Å². The van der Waals surface area contributed by atoms with E-state index in [1.165, 1.54) is 0 Å². The van der Waals surface area contributed by atoms with Crippen LogP contribution in [0.3, 0.4) is 0 Å². The van der Waals surface area contributed by atoms with Crippen LogP contribution in [-0.2, 0) is 15.6 Å². The molecular weight excluding hydrogens is 308 g/mol. The second-order valence-electron chi connectivity index (χ2n) is 3.44. The average molecular weight is 317 g/mol. The molecule has 0 saturated carbocycles. The normalized spacial score (nSPS) is 11.6. The summed E-state index contributed by atoms with van der Waals surface area (Å²) in [5, 5.41) is 5.72. The van der Waals surface area contributed by atoms with Gasteiger partial charge in [-0.25, -0.2) is 13.4 Å². The lowest BCUT2D eigenvalue weighted by Gasteiger charge is -2.05. The summed E-state index contributed by atoms with van der Waals surface area (Å²) < 4.78 is 24.6. The minimum atomic E-state index is -3.53. The molecule has 0 aliphatic carbocycles. The van der Waals surface area contributed by atoms with Crippen molar-refractivity contribution in [1.29, 1.82) is 0 Å². The maximum atomic E-state index is 11.9. The first-order chi connectivity index (χ1) is 8.00. The van der Waals surface area contributed by atoms with E-state index in [2.05, 4.69) is 36.1 Å². The number of aromatic amines is 1. The molecule has 0 amide bonds. The Morgan fingerprint density at radius 2 is 2.18 bits per heavy atom. The van der Waals surface area contributed by atoms with Crippen molar-refractivity contribution in [2.75, 3.05) is 0 Å². The molecule has 17 heavy (non-hydrogen) atoms. The van der Waals surface area contributed by atoms with Gasteiger partial charge < -0.3 is 0 Å². The molecule has 8 heteroatoms. The van der Waals surface area contributed by atoms with Crippen LogP contribution >= 0.6 is 15.9 Å². The van der Waals surface area contributed by atoms with Crippen LogP contribution in [-0.4, -0.2) is 28.6 Å². The van der Waals surface area contributed by atoms with Gasteiger partial charge in [-0.3, -0.25) is 10.1 Å². The molecule has 0 spiro atoms. The molecule has 0 bridgehead atoms. The number of aromatic nitrogens is 4. The summed E-state index contributed by atoms with van der Waals surface area (Å²) in [5.74, 6) is -0.218. The predicted molar refractivity (Wildman–Crippen MR) is 63.9 cm³/mol. The van der Waals surface area contributed by atoms with Gasteiger partial charge in [-0.05, 0) is 34.5 Å². The first-order valence-corrected chi connectivity index (χ1v) is 7.13. The van der Waals surface area contributed by atoms with Crippen LogP contribution in [0.15, 0.2) is 28.2 Å². The van der Waals surface area contributed by atoms with Crippen LogP contribution in [0, 0.1) is 6.92 Å². The first-order valence-electron chi connectivity index (χ1n) is 4.69. The fraction of sp³-hybridized carbons (Fsp3) is 0.222. The molecule has 0 aliphatic rings. The molecule has 2 rings (SSSR count). The number of sulfone groups is 1. The third-order valence-electron chi connectivity index (χ3n) is 2.17. The summed E-state index contributed by atoms with van der Waals surface area (Å²) in [6, 6.07) is 1.80. The molecule has 0 saturated heterocycles. The van der Waals surface area contributed by atoms with Gasteiger partial charge in [-0.2, -0.15) is 5.10 Å². The number of nitrogens with zero attached hydrogens (tertiary/aromatic N) is 3. The van der Waals surface area contributed by atoms with Crippen LogP contribution in [0.5, 0.6) is 0 Å². The lowest BCUT2D eigenvalue weighted by atomic mass is 10.2. The second-order valence-corrected chi connectivity index (χ2v) is 6.14. The third-order valence-corrected chi connectivity index (χ3v) is 4.69. The number of H-pyrrole nitrogens is 1. The smallest absolute Gasteiger partial charge is 0.243 e. The molecule has 2 heterocycles. The largest absolute Gasteiger partial charge is 0.259 e. The molecule has 90 valence electrons. The zero-order chi connectivity index (χ0) is 12.5. The molecule has 6 nitrogen and oxygen atoms in total. The minimum absolute atomic E-state index is 0.146. The van der Waals surface area contributed by atoms with Gasteiger partial charge in [0.2, 0.25) is 15.0 Å². The lowest BCUT2D eigenvalue weighted by molar-refractivity contribution is 0.586. The summed E-state index contributed by atoms with van der Waals surface area (Å²) in [4.78, 5) is 7.68. The Morgan fingerprint density at radius 3 is 2.82 bits per heavy atom. The van der Waals surface area contributed by atoms with E-state index < -0.39 is 9.84 Å². The molecule has 2 aromatic heterocycles. The molecule has 0 radical (unpaired) electrons. The van der Waals surface area contributed by atoms with Crippen molar-refractivity contribution in [2.45, 2.75) is 17.8 Å². The average Bonchev–Trinajstić information content (AvgIpc) is 2.78. The molecular formula is C9H9BrN4O2S. The Bertz CT molecular complexity index is 624. The van der Waals surface area contributed by atoms with E-state index in [1.54, 1.807) is 12.3 Å². The minimum Gasteiger partial charge on any atom is -0.259 e.